The molecule has 2 aromatic rings. The molecule has 18 heavy (non-hydrogen) atoms. The molecule has 0 radical (unpaired) electrons. The number of benzene rings is 1. The molecule has 0 saturated carbocycles. The van der Waals surface area contributed by atoms with E-state index in [0.29, 0.717) is 0 Å². The summed E-state index contributed by atoms with van der Waals surface area (Å²) >= 11 is 3.26. The molecule has 0 saturated heterocycles. The molecule has 0 atom stereocenters. The highest BCUT2D eigenvalue weighted by Gasteiger charge is 2.14. The molecule has 2 N–H and O–H groups in total. The number of halogens is 1. The molecule has 1 heterocycles. The second-order valence-corrected chi connectivity index (χ2v) is 6.48. The van der Waals surface area contributed by atoms with E-state index in [1.807, 2.05) is 6.92 Å². The minimum Gasteiger partial charge on any atom is -0.283 e. The van der Waals surface area contributed by atoms with Gasteiger partial charge in [0, 0.05) is 22.3 Å². The minimum absolute atomic E-state index is 0.223. The van der Waals surface area contributed by atoms with Crippen molar-refractivity contribution in [1.82, 2.24) is 14.9 Å². The summed E-state index contributed by atoms with van der Waals surface area (Å²) in [6, 6.07) is 6.48. The van der Waals surface area contributed by atoms with Gasteiger partial charge in [-0.05, 0) is 31.2 Å². The summed E-state index contributed by atoms with van der Waals surface area (Å²) in [5, 5.41) is 6.60. The van der Waals surface area contributed by atoms with Gasteiger partial charge in [-0.2, -0.15) is 5.10 Å². The van der Waals surface area contributed by atoms with Crippen molar-refractivity contribution in [3.8, 4) is 0 Å². The molecule has 0 unspecified atom stereocenters. The Bertz CT molecular complexity index is 635. The highest BCUT2D eigenvalue weighted by Crippen LogP contribution is 2.15. The third kappa shape index (κ3) is 2.98. The van der Waals surface area contributed by atoms with Crippen LogP contribution in [-0.4, -0.2) is 18.6 Å². The molecule has 0 fully saturated rings. The maximum absolute atomic E-state index is 12.0. The zero-order chi connectivity index (χ0) is 13.2. The molecule has 2 rings (SSSR count). The monoisotopic (exact) mass is 329 g/mol. The molecule has 5 nitrogen and oxygen atoms in total. The molecule has 1 aromatic heterocycles. The van der Waals surface area contributed by atoms with E-state index in [1.54, 1.807) is 30.5 Å². The smallest absolute Gasteiger partial charge is 0.240 e. The lowest BCUT2D eigenvalue weighted by Crippen LogP contribution is -2.23. The van der Waals surface area contributed by atoms with Gasteiger partial charge in [-0.25, -0.2) is 13.1 Å². The van der Waals surface area contributed by atoms with Gasteiger partial charge in [0.05, 0.1) is 11.1 Å². The maximum atomic E-state index is 12.0. The van der Waals surface area contributed by atoms with Crippen LogP contribution < -0.4 is 4.72 Å². The predicted octanol–water partition coefficient (Wildman–Crippen LogP) is 1.96. The highest BCUT2D eigenvalue weighted by atomic mass is 79.9. The Kier molecular flexibility index (Phi) is 3.84. The van der Waals surface area contributed by atoms with Crippen LogP contribution in [0.5, 0.6) is 0 Å². The van der Waals surface area contributed by atoms with Crippen LogP contribution in [0.3, 0.4) is 0 Å². The molecule has 0 spiro atoms. The first-order valence-corrected chi connectivity index (χ1v) is 7.51. The Morgan fingerprint density at radius 3 is 2.56 bits per heavy atom. The van der Waals surface area contributed by atoms with Crippen molar-refractivity contribution in [2.75, 3.05) is 0 Å². The van der Waals surface area contributed by atoms with Crippen molar-refractivity contribution < 1.29 is 8.42 Å². The van der Waals surface area contributed by atoms with Gasteiger partial charge in [-0.3, -0.25) is 5.10 Å². The summed E-state index contributed by atoms with van der Waals surface area (Å²) in [6.45, 7) is 2.07. The number of aromatic amines is 1. The molecule has 7 heteroatoms. The molecule has 96 valence electrons. The highest BCUT2D eigenvalue weighted by molar-refractivity contribution is 9.10. The SMILES string of the molecule is Cc1[nH]ncc1CNS(=O)(=O)c1ccc(Br)cc1. The molecule has 0 amide bonds. The number of nitrogens with zero attached hydrogens (tertiary/aromatic N) is 1. The standard InChI is InChI=1S/C11H12BrN3O2S/c1-8-9(6-13-15-8)7-14-18(16,17)11-4-2-10(12)3-5-11/h2-6,14H,7H2,1H3,(H,13,15). The molecule has 0 aliphatic carbocycles. The number of hydrogen-bond acceptors (Lipinski definition) is 3. The number of aromatic nitrogens is 2. The average molecular weight is 330 g/mol. The Balaban J connectivity index is 2.13. The molecule has 0 aliphatic heterocycles. The van der Waals surface area contributed by atoms with E-state index >= 15 is 0 Å². The first kappa shape index (κ1) is 13.3. The fourth-order valence-corrected chi connectivity index (χ4v) is 2.69. The summed E-state index contributed by atoms with van der Waals surface area (Å²) < 4.78 is 27.4. The molecule has 0 bridgehead atoms. The molecule has 1 aromatic carbocycles. The Labute approximate surface area is 114 Å². The summed E-state index contributed by atoms with van der Waals surface area (Å²) in [5.41, 5.74) is 1.68. The number of nitrogens with one attached hydrogen (secondary N) is 2. The van der Waals surface area contributed by atoms with E-state index in [4.69, 9.17) is 0 Å². The Hall–Kier alpha value is -1.18. The summed E-state index contributed by atoms with van der Waals surface area (Å²) in [7, 11) is -3.48. The lowest BCUT2D eigenvalue weighted by atomic mass is 10.3. The largest absolute Gasteiger partial charge is 0.283 e. The van der Waals surface area contributed by atoms with Crippen molar-refractivity contribution in [2.24, 2.45) is 0 Å². The summed E-state index contributed by atoms with van der Waals surface area (Å²) in [5.74, 6) is 0. The lowest BCUT2D eigenvalue weighted by Gasteiger charge is -2.06. The fraction of sp³-hybridized carbons (Fsp3) is 0.182. The van der Waals surface area contributed by atoms with E-state index in [0.717, 1.165) is 15.7 Å². The van der Waals surface area contributed by atoms with Crippen LogP contribution in [0, 0.1) is 6.92 Å². The van der Waals surface area contributed by atoms with Gasteiger partial charge in [0.2, 0.25) is 10.0 Å². The minimum atomic E-state index is -3.48. The normalized spacial score (nSPS) is 11.7. The quantitative estimate of drug-likeness (QED) is 0.900. The Morgan fingerprint density at radius 2 is 2.00 bits per heavy atom. The van der Waals surface area contributed by atoms with Gasteiger partial charge in [-0.15, -0.1) is 0 Å². The van der Waals surface area contributed by atoms with Gasteiger partial charge in [0.25, 0.3) is 0 Å². The molecular weight excluding hydrogens is 318 g/mol. The van der Waals surface area contributed by atoms with Crippen molar-refractivity contribution in [2.45, 2.75) is 18.4 Å². The third-order valence-corrected chi connectivity index (χ3v) is 4.46. The van der Waals surface area contributed by atoms with Crippen LogP contribution >= 0.6 is 15.9 Å². The number of rotatable bonds is 4. The van der Waals surface area contributed by atoms with Crippen LogP contribution in [0.15, 0.2) is 39.8 Å². The topological polar surface area (TPSA) is 74.8 Å². The van der Waals surface area contributed by atoms with Crippen molar-refractivity contribution in [1.29, 1.82) is 0 Å². The summed E-state index contributed by atoms with van der Waals surface area (Å²) in [6.07, 6.45) is 1.61. The zero-order valence-corrected chi connectivity index (χ0v) is 12.0. The van der Waals surface area contributed by atoms with E-state index in [9.17, 15) is 8.42 Å². The van der Waals surface area contributed by atoms with E-state index in [1.165, 1.54) is 0 Å². The molecule has 0 aliphatic rings. The third-order valence-electron chi connectivity index (χ3n) is 2.51. The van der Waals surface area contributed by atoms with Crippen LogP contribution in [-0.2, 0) is 16.6 Å². The second-order valence-electron chi connectivity index (χ2n) is 3.80. The maximum Gasteiger partial charge on any atom is 0.240 e. The van der Waals surface area contributed by atoms with Crippen LogP contribution in [0.2, 0.25) is 0 Å². The number of H-pyrrole nitrogens is 1. The van der Waals surface area contributed by atoms with Gasteiger partial charge in [-0.1, -0.05) is 15.9 Å². The summed E-state index contributed by atoms with van der Waals surface area (Å²) in [4.78, 5) is 0.242. The Morgan fingerprint density at radius 1 is 1.33 bits per heavy atom. The lowest BCUT2D eigenvalue weighted by molar-refractivity contribution is 0.581. The van der Waals surface area contributed by atoms with Gasteiger partial charge in [0.1, 0.15) is 0 Å². The number of aryl methyl sites for hydroxylation is 1. The fourth-order valence-electron chi connectivity index (χ4n) is 1.42. The van der Waals surface area contributed by atoms with E-state index < -0.39 is 10.0 Å². The van der Waals surface area contributed by atoms with E-state index in [-0.39, 0.29) is 11.4 Å². The van der Waals surface area contributed by atoms with Crippen molar-refractivity contribution >= 4 is 26.0 Å². The van der Waals surface area contributed by atoms with Gasteiger partial charge >= 0.3 is 0 Å². The first-order chi connectivity index (χ1) is 8.49. The van der Waals surface area contributed by atoms with E-state index in [2.05, 4.69) is 30.8 Å². The number of sulfonamides is 1. The van der Waals surface area contributed by atoms with Crippen LogP contribution in [0.1, 0.15) is 11.3 Å². The van der Waals surface area contributed by atoms with Crippen molar-refractivity contribution in [3.63, 3.8) is 0 Å². The van der Waals surface area contributed by atoms with Crippen LogP contribution in [0.4, 0.5) is 0 Å². The first-order valence-electron chi connectivity index (χ1n) is 5.23. The van der Waals surface area contributed by atoms with Gasteiger partial charge < -0.3 is 0 Å². The van der Waals surface area contributed by atoms with Gasteiger partial charge in [0.15, 0.2) is 0 Å². The average Bonchev–Trinajstić information content (AvgIpc) is 2.73. The molecular formula is C11H12BrN3O2S. The predicted molar refractivity (Wildman–Crippen MR) is 71.5 cm³/mol. The number of hydrogen-bond donors (Lipinski definition) is 2. The van der Waals surface area contributed by atoms with Crippen LogP contribution in [0.25, 0.3) is 0 Å². The second kappa shape index (κ2) is 5.21. The zero-order valence-electron chi connectivity index (χ0n) is 9.64. The van der Waals surface area contributed by atoms with Crippen molar-refractivity contribution in [3.05, 3.63) is 46.2 Å².